The van der Waals surface area contributed by atoms with Crippen LogP contribution in [0.5, 0.6) is 0 Å². The van der Waals surface area contributed by atoms with Crippen molar-refractivity contribution in [2.75, 3.05) is 6.61 Å². The summed E-state index contributed by atoms with van der Waals surface area (Å²) in [6.45, 7) is 4.27. The molecule has 2 rings (SSSR count). The minimum Gasteiger partial charge on any atom is -0.466 e. The standard InChI is InChI=1S/C12H15NO2/c1-3-15-12(14)10-5-9-4-8(2)13-7-11(9)6-10/h4,7,10H,3,5-6H2,1-2H3. The zero-order valence-electron chi connectivity index (χ0n) is 9.12. The summed E-state index contributed by atoms with van der Waals surface area (Å²) in [7, 11) is 0. The molecule has 1 aliphatic carbocycles. The van der Waals surface area contributed by atoms with Gasteiger partial charge in [-0.2, -0.15) is 0 Å². The van der Waals surface area contributed by atoms with Crippen molar-refractivity contribution in [3.05, 3.63) is 29.1 Å². The zero-order valence-corrected chi connectivity index (χ0v) is 9.12. The van der Waals surface area contributed by atoms with Gasteiger partial charge in [0.2, 0.25) is 0 Å². The lowest BCUT2D eigenvalue weighted by Crippen LogP contribution is -2.17. The van der Waals surface area contributed by atoms with E-state index in [1.165, 1.54) is 11.1 Å². The molecule has 15 heavy (non-hydrogen) atoms. The van der Waals surface area contributed by atoms with E-state index < -0.39 is 0 Å². The molecule has 1 aromatic heterocycles. The molecule has 0 spiro atoms. The third-order valence-corrected chi connectivity index (χ3v) is 2.77. The number of aryl methyl sites for hydroxylation is 1. The maximum Gasteiger partial charge on any atom is 0.309 e. The fraction of sp³-hybridized carbons (Fsp3) is 0.500. The van der Waals surface area contributed by atoms with Gasteiger partial charge in [0.15, 0.2) is 0 Å². The maximum absolute atomic E-state index is 11.6. The fourth-order valence-corrected chi connectivity index (χ4v) is 2.05. The van der Waals surface area contributed by atoms with E-state index in [2.05, 4.69) is 11.1 Å². The number of rotatable bonds is 2. The highest BCUT2D eigenvalue weighted by Crippen LogP contribution is 2.27. The van der Waals surface area contributed by atoms with Gasteiger partial charge in [-0.3, -0.25) is 9.78 Å². The number of carbonyl (C=O) groups excluding carboxylic acids is 1. The Labute approximate surface area is 89.5 Å². The molecule has 0 amide bonds. The van der Waals surface area contributed by atoms with Gasteiger partial charge in [0, 0.05) is 11.9 Å². The number of fused-ring (bicyclic) bond motifs is 1. The van der Waals surface area contributed by atoms with E-state index in [0.29, 0.717) is 6.61 Å². The topological polar surface area (TPSA) is 39.2 Å². The van der Waals surface area contributed by atoms with E-state index in [9.17, 15) is 4.79 Å². The summed E-state index contributed by atoms with van der Waals surface area (Å²) in [5, 5.41) is 0. The van der Waals surface area contributed by atoms with Gasteiger partial charge in [0.05, 0.1) is 12.5 Å². The molecule has 0 bridgehead atoms. The normalized spacial score (nSPS) is 18.7. The first-order chi connectivity index (χ1) is 7.20. The second kappa shape index (κ2) is 4.01. The van der Waals surface area contributed by atoms with Crippen molar-refractivity contribution in [2.24, 2.45) is 5.92 Å². The number of aromatic nitrogens is 1. The Balaban J connectivity index is 2.12. The Kier molecular flexibility index (Phi) is 2.71. The highest BCUT2D eigenvalue weighted by molar-refractivity contribution is 5.74. The fourth-order valence-electron chi connectivity index (χ4n) is 2.05. The van der Waals surface area contributed by atoms with Gasteiger partial charge in [-0.15, -0.1) is 0 Å². The lowest BCUT2D eigenvalue weighted by Gasteiger charge is -2.06. The second-order valence-electron chi connectivity index (χ2n) is 3.95. The number of carbonyl (C=O) groups is 1. The number of pyridine rings is 1. The molecule has 1 aliphatic rings. The third kappa shape index (κ3) is 2.01. The van der Waals surface area contributed by atoms with Gasteiger partial charge in [-0.1, -0.05) is 0 Å². The van der Waals surface area contributed by atoms with Crippen LogP contribution in [0, 0.1) is 12.8 Å². The Morgan fingerprint density at radius 1 is 1.53 bits per heavy atom. The molecule has 0 saturated heterocycles. The van der Waals surface area contributed by atoms with Crippen molar-refractivity contribution < 1.29 is 9.53 Å². The molecular formula is C12H15NO2. The van der Waals surface area contributed by atoms with Crippen LogP contribution in [0.3, 0.4) is 0 Å². The van der Waals surface area contributed by atoms with Crippen LogP contribution in [0.1, 0.15) is 23.7 Å². The molecule has 0 fully saturated rings. The van der Waals surface area contributed by atoms with E-state index >= 15 is 0 Å². The summed E-state index contributed by atoms with van der Waals surface area (Å²) < 4.78 is 5.03. The van der Waals surface area contributed by atoms with Gasteiger partial charge in [0.1, 0.15) is 0 Å². The van der Waals surface area contributed by atoms with Crippen LogP contribution >= 0.6 is 0 Å². The molecule has 80 valence electrons. The average molecular weight is 205 g/mol. The smallest absolute Gasteiger partial charge is 0.309 e. The minimum atomic E-state index is -0.0775. The van der Waals surface area contributed by atoms with Crippen LogP contribution in [0.25, 0.3) is 0 Å². The van der Waals surface area contributed by atoms with Crippen LogP contribution in [-0.4, -0.2) is 17.6 Å². The van der Waals surface area contributed by atoms with Crippen molar-refractivity contribution in [3.8, 4) is 0 Å². The molecule has 0 aliphatic heterocycles. The lowest BCUT2D eigenvalue weighted by atomic mass is 10.1. The van der Waals surface area contributed by atoms with Crippen molar-refractivity contribution in [1.29, 1.82) is 0 Å². The van der Waals surface area contributed by atoms with E-state index in [0.717, 1.165) is 18.5 Å². The first-order valence-corrected chi connectivity index (χ1v) is 5.31. The van der Waals surface area contributed by atoms with E-state index in [-0.39, 0.29) is 11.9 Å². The molecular weight excluding hydrogens is 190 g/mol. The lowest BCUT2D eigenvalue weighted by molar-refractivity contribution is -0.147. The molecule has 1 atom stereocenters. The van der Waals surface area contributed by atoms with Gasteiger partial charge >= 0.3 is 5.97 Å². The molecule has 0 radical (unpaired) electrons. The van der Waals surface area contributed by atoms with Gasteiger partial charge < -0.3 is 4.74 Å². The van der Waals surface area contributed by atoms with E-state index in [1.54, 1.807) is 0 Å². The Morgan fingerprint density at radius 3 is 3.00 bits per heavy atom. The molecule has 0 N–H and O–H groups in total. The van der Waals surface area contributed by atoms with Crippen LogP contribution < -0.4 is 0 Å². The van der Waals surface area contributed by atoms with Crippen LogP contribution in [0.2, 0.25) is 0 Å². The van der Waals surface area contributed by atoms with Crippen molar-refractivity contribution in [3.63, 3.8) is 0 Å². The predicted molar refractivity (Wildman–Crippen MR) is 56.5 cm³/mol. The summed E-state index contributed by atoms with van der Waals surface area (Å²) in [5.74, 6) is -0.0742. The van der Waals surface area contributed by atoms with Crippen molar-refractivity contribution >= 4 is 5.97 Å². The van der Waals surface area contributed by atoms with Gasteiger partial charge in [-0.25, -0.2) is 0 Å². The zero-order chi connectivity index (χ0) is 10.8. The first kappa shape index (κ1) is 10.1. The third-order valence-electron chi connectivity index (χ3n) is 2.77. The molecule has 1 aromatic rings. The van der Waals surface area contributed by atoms with E-state index in [4.69, 9.17) is 4.74 Å². The predicted octanol–water partition coefficient (Wildman–Crippen LogP) is 1.67. The quantitative estimate of drug-likeness (QED) is 0.689. The van der Waals surface area contributed by atoms with Gasteiger partial charge in [0.25, 0.3) is 0 Å². The molecule has 3 nitrogen and oxygen atoms in total. The molecule has 0 saturated carbocycles. The van der Waals surface area contributed by atoms with Crippen molar-refractivity contribution in [1.82, 2.24) is 4.98 Å². The number of nitrogens with zero attached hydrogens (tertiary/aromatic N) is 1. The Morgan fingerprint density at radius 2 is 2.27 bits per heavy atom. The molecule has 1 unspecified atom stereocenters. The average Bonchev–Trinajstić information content (AvgIpc) is 2.60. The Bertz CT molecular complexity index is 387. The number of hydrogen-bond donors (Lipinski definition) is 0. The monoisotopic (exact) mass is 205 g/mol. The van der Waals surface area contributed by atoms with Crippen LogP contribution in [0.15, 0.2) is 12.3 Å². The SMILES string of the molecule is CCOC(=O)C1Cc2cnc(C)cc2C1. The summed E-state index contributed by atoms with van der Waals surface area (Å²) in [6, 6.07) is 2.06. The number of ether oxygens (including phenoxy) is 1. The largest absolute Gasteiger partial charge is 0.466 e. The summed E-state index contributed by atoms with van der Waals surface area (Å²) in [6.07, 6.45) is 3.46. The first-order valence-electron chi connectivity index (χ1n) is 5.31. The highest BCUT2D eigenvalue weighted by atomic mass is 16.5. The van der Waals surface area contributed by atoms with Crippen molar-refractivity contribution in [2.45, 2.75) is 26.7 Å². The Hall–Kier alpha value is -1.38. The van der Waals surface area contributed by atoms with E-state index in [1.807, 2.05) is 20.0 Å². The number of esters is 1. The summed E-state index contributed by atoms with van der Waals surface area (Å²) >= 11 is 0. The van der Waals surface area contributed by atoms with Crippen LogP contribution in [0.4, 0.5) is 0 Å². The minimum absolute atomic E-state index is 0.00329. The van der Waals surface area contributed by atoms with Gasteiger partial charge in [-0.05, 0) is 43.9 Å². The maximum atomic E-state index is 11.6. The number of hydrogen-bond acceptors (Lipinski definition) is 3. The van der Waals surface area contributed by atoms with Crippen LogP contribution in [-0.2, 0) is 22.4 Å². The summed E-state index contributed by atoms with van der Waals surface area (Å²) in [5.41, 5.74) is 3.46. The molecule has 3 heteroatoms. The molecule has 0 aromatic carbocycles. The highest BCUT2D eigenvalue weighted by Gasteiger charge is 2.28. The summed E-state index contributed by atoms with van der Waals surface area (Å²) in [4.78, 5) is 15.8. The molecule has 1 heterocycles. The second-order valence-corrected chi connectivity index (χ2v) is 3.95.